The Bertz CT molecular complexity index is 437. The molecular formula is C18H32N2O4. The van der Waals surface area contributed by atoms with Crippen molar-refractivity contribution in [3.05, 3.63) is 0 Å². The summed E-state index contributed by atoms with van der Waals surface area (Å²) in [5.74, 6) is 0.476. The summed E-state index contributed by atoms with van der Waals surface area (Å²) < 4.78 is 11.2. The van der Waals surface area contributed by atoms with Gasteiger partial charge in [-0.15, -0.1) is 0 Å². The van der Waals surface area contributed by atoms with Crippen LogP contribution in [0.15, 0.2) is 0 Å². The second-order valence-electron chi connectivity index (χ2n) is 8.60. The maximum atomic E-state index is 12.3. The van der Waals surface area contributed by atoms with Crippen molar-refractivity contribution in [2.24, 2.45) is 5.92 Å². The van der Waals surface area contributed by atoms with Crippen molar-refractivity contribution < 1.29 is 19.4 Å². The highest BCUT2D eigenvalue weighted by Crippen LogP contribution is 2.30. The highest BCUT2D eigenvalue weighted by atomic mass is 16.6. The summed E-state index contributed by atoms with van der Waals surface area (Å²) in [4.78, 5) is 16.7. The van der Waals surface area contributed by atoms with E-state index in [-0.39, 0.29) is 12.2 Å². The first kappa shape index (κ1) is 18.0. The Balaban J connectivity index is 1.56. The third kappa shape index (κ3) is 4.41. The molecule has 1 amide bonds. The van der Waals surface area contributed by atoms with Gasteiger partial charge in [0.25, 0.3) is 0 Å². The molecule has 1 unspecified atom stereocenters. The van der Waals surface area contributed by atoms with Crippen molar-refractivity contribution in [2.45, 2.75) is 70.2 Å². The van der Waals surface area contributed by atoms with Crippen LogP contribution in [0.25, 0.3) is 0 Å². The van der Waals surface area contributed by atoms with Gasteiger partial charge >= 0.3 is 6.09 Å². The van der Waals surface area contributed by atoms with Crippen molar-refractivity contribution in [3.63, 3.8) is 0 Å². The van der Waals surface area contributed by atoms with Crippen LogP contribution in [0.4, 0.5) is 4.79 Å². The Labute approximate surface area is 145 Å². The zero-order valence-corrected chi connectivity index (χ0v) is 15.2. The molecule has 3 aliphatic rings. The van der Waals surface area contributed by atoms with Gasteiger partial charge in [0, 0.05) is 31.7 Å². The number of piperidine rings is 2. The number of fused-ring (bicyclic) bond motifs is 2. The van der Waals surface area contributed by atoms with Gasteiger partial charge in [-0.2, -0.15) is 0 Å². The van der Waals surface area contributed by atoms with E-state index in [9.17, 15) is 9.90 Å². The van der Waals surface area contributed by atoms with Gasteiger partial charge in [-0.25, -0.2) is 4.79 Å². The van der Waals surface area contributed by atoms with E-state index < -0.39 is 5.60 Å². The minimum atomic E-state index is -0.443. The van der Waals surface area contributed by atoms with E-state index >= 15 is 0 Å². The number of carbonyl (C=O) groups excluding carboxylic acids is 1. The molecule has 3 heterocycles. The lowest BCUT2D eigenvalue weighted by molar-refractivity contribution is -0.111. The lowest BCUT2D eigenvalue weighted by Gasteiger charge is -2.49. The molecule has 3 fully saturated rings. The predicted molar refractivity (Wildman–Crippen MR) is 90.9 cm³/mol. The number of hydrogen-bond acceptors (Lipinski definition) is 5. The van der Waals surface area contributed by atoms with Gasteiger partial charge < -0.3 is 19.5 Å². The standard InChI is InChI=1S/C18H32N2O4/c1-18(2,3)24-17(22)19-6-4-5-13(9-19)10-20-14-7-16(21)8-15(20)12-23-11-14/h13-16,21H,4-12H2,1-3H3/t13-,14-,15+,16?/m1/s1. The third-order valence-electron chi connectivity index (χ3n) is 5.29. The van der Waals surface area contributed by atoms with Crippen LogP contribution in [0.5, 0.6) is 0 Å². The van der Waals surface area contributed by atoms with Crippen molar-refractivity contribution in [3.8, 4) is 0 Å². The van der Waals surface area contributed by atoms with Gasteiger partial charge in [0.2, 0.25) is 0 Å². The maximum absolute atomic E-state index is 12.3. The van der Waals surface area contributed by atoms with E-state index in [1.165, 1.54) is 0 Å². The van der Waals surface area contributed by atoms with Crippen molar-refractivity contribution in [1.82, 2.24) is 9.80 Å². The molecule has 3 aliphatic heterocycles. The molecule has 2 bridgehead atoms. The van der Waals surface area contributed by atoms with Crippen LogP contribution in [0.3, 0.4) is 0 Å². The summed E-state index contributed by atoms with van der Waals surface area (Å²) in [5, 5.41) is 10.0. The molecule has 0 spiro atoms. The van der Waals surface area contributed by atoms with Gasteiger partial charge in [-0.05, 0) is 52.4 Å². The van der Waals surface area contributed by atoms with Gasteiger partial charge in [0.15, 0.2) is 0 Å². The fourth-order valence-corrected chi connectivity index (χ4v) is 4.26. The lowest BCUT2D eigenvalue weighted by atomic mass is 9.89. The first-order valence-electron chi connectivity index (χ1n) is 9.31. The number of ether oxygens (including phenoxy) is 2. The van der Waals surface area contributed by atoms with Crippen LogP contribution in [-0.4, -0.2) is 77.6 Å². The number of nitrogens with zero attached hydrogens (tertiary/aromatic N) is 2. The van der Waals surface area contributed by atoms with Crippen LogP contribution in [0, 0.1) is 5.92 Å². The molecule has 3 saturated heterocycles. The Kier molecular flexibility index (Phi) is 5.37. The highest BCUT2D eigenvalue weighted by molar-refractivity contribution is 5.68. The molecule has 6 nitrogen and oxygen atoms in total. The second-order valence-corrected chi connectivity index (χ2v) is 8.60. The second kappa shape index (κ2) is 7.18. The molecule has 0 aromatic rings. The monoisotopic (exact) mass is 340 g/mol. The molecular weight excluding hydrogens is 308 g/mol. The number of aliphatic hydroxyl groups excluding tert-OH is 1. The molecule has 4 atom stereocenters. The zero-order valence-electron chi connectivity index (χ0n) is 15.2. The molecule has 0 aromatic carbocycles. The lowest BCUT2D eigenvalue weighted by Crippen LogP contribution is -2.60. The largest absolute Gasteiger partial charge is 0.444 e. The molecule has 6 heteroatoms. The zero-order chi connectivity index (χ0) is 17.3. The third-order valence-corrected chi connectivity index (χ3v) is 5.29. The minimum absolute atomic E-state index is 0.190. The number of amides is 1. The van der Waals surface area contributed by atoms with Crippen molar-refractivity contribution in [1.29, 1.82) is 0 Å². The highest BCUT2D eigenvalue weighted by Gasteiger charge is 2.40. The number of carbonyl (C=O) groups is 1. The summed E-state index contributed by atoms with van der Waals surface area (Å²) >= 11 is 0. The SMILES string of the molecule is CC(C)(C)OC(=O)N1CCC[C@@H](CN2[C@@H]3COC[C@H]2CC(O)C3)C1. The van der Waals surface area contributed by atoms with Crippen LogP contribution >= 0.6 is 0 Å². The number of morpholine rings is 1. The molecule has 0 aromatic heterocycles. The first-order chi connectivity index (χ1) is 11.3. The van der Waals surface area contributed by atoms with Crippen molar-refractivity contribution in [2.75, 3.05) is 32.8 Å². The molecule has 3 rings (SSSR count). The number of aliphatic hydroxyl groups is 1. The quantitative estimate of drug-likeness (QED) is 0.831. The van der Waals surface area contributed by atoms with Crippen LogP contribution in [0.2, 0.25) is 0 Å². The Morgan fingerprint density at radius 3 is 2.54 bits per heavy atom. The van der Waals surface area contributed by atoms with E-state index in [2.05, 4.69) is 4.90 Å². The van der Waals surface area contributed by atoms with E-state index in [4.69, 9.17) is 9.47 Å². The molecule has 24 heavy (non-hydrogen) atoms. The van der Waals surface area contributed by atoms with Crippen LogP contribution < -0.4 is 0 Å². The minimum Gasteiger partial charge on any atom is -0.444 e. The van der Waals surface area contributed by atoms with Crippen molar-refractivity contribution >= 4 is 6.09 Å². The summed E-state index contributed by atoms with van der Waals surface area (Å²) in [7, 11) is 0. The van der Waals surface area contributed by atoms with E-state index in [0.29, 0.717) is 18.0 Å². The van der Waals surface area contributed by atoms with Crippen LogP contribution in [0.1, 0.15) is 46.5 Å². The smallest absolute Gasteiger partial charge is 0.410 e. The Morgan fingerprint density at radius 2 is 1.92 bits per heavy atom. The average Bonchev–Trinajstić information content (AvgIpc) is 2.47. The molecule has 1 N–H and O–H groups in total. The number of rotatable bonds is 2. The fraction of sp³-hybridized carbons (Fsp3) is 0.944. The molecule has 0 saturated carbocycles. The van der Waals surface area contributed by atoms with E-state index in [1.807, 2.05) is 25.7 Å². The molecule has 0 radical (unpaired) electrons. The van der Waals surface area contributed by atoms with E-state index in [0.717, 1.165) is 58.5 Å². The Hall–Kier alpha value is -0.850. The molecule has 138 valence electrons. The van der Waals surface area contributed by atoms with Gasteiger partial charge in [0.1, 0.15) is 5.60 Å². The van der Waals surface area contributed by atoms with Crippen LogP contribution in [-0.2, 0) is 9.47 Å². The topological polar surface area (TPSA) is 62.2 Å². The normalized spacial score (nSPS) is 34.9. The van der Waals surface area contributed by atoms with Gasteiger partial charge in [-0.1, -0.05) is 0 Å². The first-order valence-corrected chi connectivity index (χ1v) is 9.31. The summed E-state index contributed by atoms with van der Waals surface area (Å²) in [6.07, 6.45) is 3.41. The Morgan fingerprint density at radius 1 is 1.25 bits per heavy atom. The molecule has 0 aliphatic carbocycles. The van der Waals surface area contributed by atoms with Gasteiger partial charge in [0.05, 0.1) is 19.3 Å². The van der Waals surface area contributed by atoms with E-state index in [1.54, 1.807) is 0 Å². The summed E-state index contributed by atoms with van der Waals surface area (Å²) in [6, 6.07) is 0.647. The number of likely N-dealkylation sites (tertiary alicyclic amines) is 1. The predicted octanol–water partition coefficient (Wildman–Crippen LogP) is 1.86. The average molecular weight is 340 g/mol. The summed E-state index contributed by atoms with van der Waals surface area (Å²) in [5.41, 5.74) is -0.443. The summed E-state index contributed by atoms with van der Waals surface area (Å²) in [6.45, 7) is 9.72. The maximum Gasteiger partial charge on any atom is 0.410 e. The number of hydrogen-bond donors (Lipinski definition) is 1. The van der Waals surface area contributed by atoms with Gasteiger partial charge in [-0.3, -0.25) is 4.90 Å². The fourth-order valence-electron chi connectivity index (χ4n) is 4.26.